The Labute approximate surface area is 173 Å². The quantitative estimate of drug-likeness (QED) is 0.280. The summed E-state index contributed by atoms with van der Waals surface area (Å²) >= 11 is 0. The maximum absolute atomic E-state index is 12.9. The molecule has 0 aliphatic carbocycles. The summed E-state index contributed by atoms with van der Waals surface area (Å²) in [7, 11) is -2.81. The van der Waals surface area contributed by atoms with Gasteiger partial charge in [0.05, 0.1) is 12.2 Å². The van der Waals surface area contributed by atoms with Crippen molar-refractivity contribution in [3.63, 3.8) is 0 Å². The molecule has 8 atom stereocenters. The third-order valence-corrected chi connectivity index (χ3v) is 7.01. The lowest BCUT2D eigenvalue weighted by molar-refractivity contribution is 0.0369. The van der Waals surface area contributed by atoms with Crippen molar-refractivity contribution in [2.75, 3.05) is 0 Å². The fourth-order valence-electron chi connectivity index (χ4n) is 3.86. The molecule has 0 aliphatic rings. The van der Waals surface area contributed by atoms with Gasteiger partial charge in [0.2, 0.25) is 0 Å². The van der Waals surface area contributed by atoms with Crippen LogP contribution in [0.5, 0.6) is 0 Å². The lowest BCUT2D eigenvalue weighted by Gasteiger charge is -2.36. The van der Waals surface area contributed by atoms with Gasteiger partial charge in [-0.3, -0.25) is 4.57 Å². The van der Waals surface area contributed by atoms with Gasteiger partial charge >= 0.3 is 8.25 Å². The summed E-state index contributed by atoms with van der Waals surface area (Å²) < 4.78 is 24.8. The molecule has 28 heavy (non-hydrogen) atoms. The second-order valence-corrected chi connectivity index (χ2v) is 8.82. The maximum atomic E-state index is 12.9. The lowest BCUT2D eigenvalue weighted by atomic mass is 9.86. The van der Waals surface area contributed by atoms with Gasteiger partial charge in [-0.2, -0.15) is 0 Å². The van der Waals surface area contributed by atoms with E-state index in [0.29, 0.717) is 12.8 Å². The molecule has 0 saturated heterocycles. The highest BCUT2D eigenvalue weighted by Crippen LogP contribution is 2.37. The van der Waals surface area contributed by atoms with Crippen LogP contribution in [0.4, 0.5) is 0 Å². The first-order valence-electron chi connectivity index (χ1n) is 11.1. The Hall–Kier alpha value is -0.0100. The Morgan fingerprint density at radius 3 is 1.07 bits per heavy atom. The first-order valence-corrected chi connectivity index (χ1v) is 12.3. The summed E-state index contributed by atoms with van der Waals surface area (Å²) in [6.45, 7) is 12.2. The van der Waals surface area contributed by atoms with Crippen molar-refractivity contribution in [2.24, 2.45) is 34.8 Å². The Morgan fingerprint density at radius 1 is 0.571 bits per heavy atom. The molecule has 0 bridgehead atoms. The van der Waals surface area contributed by atoms with Crippen LogP contribution in [0.15, 0.2) is 0 Å². The number of hydrogen-bond donors (Lipinski definition) is 4. The normalized spacial score (nSPS) is 21.9. The molecule has 0 radical (unpaired) electrons. The summed E-state index contributed by atoms with van der Waals surface area (Å²) in [6.07, 6.45) is 3.83. The molecule has 8 heteroatoms. The summed E-state index contributed by atoms with van der Waals surface area (Å²) in [5, 5.41) is 0. The van der Waals surface area contributed by atoms with E-state index in [1.165, 1.54) is 0 Å². The summed E-state index contributed by atoms with van der Waals surface area (Å²) in [6, 6.07) is -0.627. The molecule has 170 valence electrons. The SMILES string of the molecule is CCC(N)C(CC)C(O[PH](=O)OC(C(N)CC)C(CC)C(N)CC)C(N)CC. The van der Waals surface area contributed by atoms with E-state index in [4.69, 9.17) is 32.0 Å². The highest BCUT2D eigenvalue weighted by atomic mass is 31.1. The van der Waals surface area contributed by atoms with Crippen molar-refractivity contribution in [1.82, 2.24) is 0 Å². The van der Waals surface area contributed by atoms with Gasteiger partial charge in [-0.25, -0.2) is 0 Å². The van der Waals surface area contributed by atoms with Crippen LogP contribution in [0.3, 0.4) is 0 Å². The molecule has 0 aliphatic heterocycles. The van der Waals surface area contributed by atoms with Gasteiger partial charge in [0.15, 0.2) is 0 Å². The fraction of sp³-hybridized carbons (Fsp3) is 1.00. The molecule has 8 unspecified atom stereocenters. The summed E-state index contributed by atoms with van der Waals surface area (Å²) in [5.74, 6) is 0.0475. The molecule has 0 amide bonds. The Kier molecular flexibility index (Phi) is 14.9. The predicted octanol–water partition coefficient (Wildman–Crippen LogP) is 3.15. The third kappa shape index (κ3) is 8.39. The smallest absolute Gasteiger partial charge is 0.319 e. The second kappa shape index (κ2) is 14.9. The zero-order valence-electron chi connectivity index (χ0n) is 18.9. The molecule has 8 N–H and O–H groups in total. The largest absolute Gasteiger partial charge is 0.327 e. The average Bonchev–Trinajstić information content (AvgIpc) is 2.71. The third-order valence-electron chi connectivity index (χ3n) is 6.08. The van der Waals surface area contributed by atoms with E-state index in [2.05, 4.69) is 13.8 Å². The van der Waals surface area contributed by atoms with E-state index in [-0.39, 0.29) is 36.0 Å². The molecule has 0 aromatic heterocycles. The molecule has 0 aromatic carbocycles. The minimum absolute atomic E-state index is 0.0238. The van der Waals surface area contributed by atoms with Gasteiger partial charge in [-0.1, -0.05) is 41.5 Å². The van der Waals surface area contributed by atoms with Crippen LogP contribution in [-0.2, 0) is 13.6 Å². The fourth-order valence-corrected chi connectivity index (χ4v) is 5.06. The van der Waals surface area contributed by atoms with Gasteiger partial charge in [0, 0.05) is 36.0 Å². The van der Waals surface area contributed by atoms with Crippen LogP contribution < -0.4 is 22.9 Å². The van der Waals surface area contributed by atoms with E-state index in [1.54, 1.807) is 0 Å². The van der Waals surface area contributed by atoms with E-state index < -0.39 is 20.5 Å². The standard InChI is InChI=1S/C20H47N4O3P/c1-7-13(15(21)9-3)19(17(23)11-5)26-28(25)27-20(18(24)12-6)14(8-2)16(22)10-4/h13-20,28H,7-12,21-24H2,1-6H3. The van der Waals surface area contributed by atoms with Gasteiger partial charge in [0.25, 0.3) is 0 Å². The Balaban J connectivity index is 5.45. The van der Waals surface area contributed by atoms with Gasteiger partial charge in [-0.05, 0) is 38.5 Å². The van der Waals surface area contributed by atoms with E-state index in [0.717, 1.165) is 25.7 Å². The highest BCUT2D eigenvalue weighted by molar-refractivity contribution is 7.33. The molecular weight excluding hydrogens is 375 g/mol. The number of nitrogens with two attached hydrogens (primary N) is 4. The zero-order valence-corrected chi connectivity index (χ0v) is 19.9. The monoisotopic (exact) mass is 422 g/mol. The highest BCUT2D eigenvalue weighted by Gasteiger charge is 2.35. The van der Waals surface area contributed by atoms with Crippen molar-refractivity contribution in [3.05, 3.63) is 0 Å². The molecule has 0 rings (SSSR count). The Bertz CT molecular complexity index is 394. The van der Waals surface area contributed by atoms with Crippen molar-refractivity contribution in [2.45, 2.75) is 116 Å². The Morgan fingerprint density at radius 2 is 0.857 bits per heavy atom. The number of rotatable bonds is 16. The van der Waals surface area contributed by atoms with Gasteiger partial charge < -0.3 is 32.0 Å². The van der Waals surface area contributed by atoms with Gasteiger partial charge in [-0.15, -0.1) is 0 Å². The molecule has 0 aromatic rings. The first-order chi connectivity index (χ1) is 13.2. The van der Waals surface area contributed by atoms with E-state index in [9.17, 15) is 4.57 Å². The molecule has 0 saturated carbocycles. The van der Waals surface area contributed by atoms with Crippen molar-refractivity contribution < 1.29 is 13.6 Å². The van der Waals surface area contributed by atoms with Crippen LogP contribution in [-0.4, -0.2) is 36.4 Å². The van der Waals surface area contributed by atoms with Crippen LogP contribution in [0, 0.1) is 11.8 Å². The molecule has 0 spiro atoms. The van der Waals surface area contributed by atoms with Crippen LogP contribution in [0.1, 0.15) is 80.1 Å². The van der Waals surface area contributed by atoms with Crippen LogP contribution in [0.25, 0.3) is 0 Å². The molecule has 7 nitrogen and oxygen atoms in total. The van der Waals surface area contributed by atoms with E-state index in [1.807, 2.05) is 27.7 Å². The van der Waals surface area contributed by atoms with Crippen LogP contribution >= 0.6 is 8.25 Å². The van der Waals surface area contributed by atoms with Gasteiger partial charge in [0.1, 0.15) is 0 Å². The topological polar surface area (TPSA) is 140 Å². The molecule has 0 fully saturated rings. The molecular formula is C20H47N4O3P. The predicted molar refractivity (Wildman–Crippen MR) is 119 cm³/mol. The van der Waals surface area contributed by atoms with Crippen molar-refractivity contribution in [1.29, 1.82) is 0 Å². The lowest BCUT2D eigenvalue weighted by Crippen LogP contribution is -2.48. The maximum Gasteiger partial charge on any atom is 0.319 e. The summed E-state index contributed by atoms with van der Waals surface area (Å²) in [5.41, 5.74) is 25.2. The van der Waals surface area contributed by atoms with Crippen molar-refractivity contribution >= 4 is 8.25 Å². The zero-order chi connectivity index (χ0) is 21.9. The minimum atomic E-state index is -2.81. The first kappa shape index (κ1) is 28.0. The molecule has 0 heterocycles. The minimum Gasteiger partial charge on any atom is -0.327 e. The average molecular weight is 423 g/mol. The second-order valence-electron chi connectivity index (χ2n) is 7.85. The number of hydrogen-bond acceptors (Lipinski definition) is 7. The summed E-state index contributed by atoms with van der Waals surface area (Å²) in [4.78, 5) is 0. The van der Waals surface area contributed by atoms with Crippen LogP contribution in [0.2, 0.25) is 0 Å². The van der Waals surface area contributed by atoms with Crippen molar-refractivity contribution in [3.8, 4) is 0 Å². The van der Waals surface area contributed by atoms with E-state index >= 15 is 0 Å².